The Morgan fingerprint density at radius 2 is 1.22 bits per heavy atom. The van der Waals surface area contributed by atoms with Gasteiger partial charge in [0.2, 0.25) is 0 Å². The number of hydrogen-bond donors (Lipinski definition) is 1. The van der Waals surface area contributed by atoms with E-state index in [9.17, 15) is 53.1 Å². The Balaban J connectivity index is 2.68. The average Bonchev–Trinajstić information content (AvgIpc) is 2.51. The summed E-state index contributed by atoms with van der Waals surface area (Å²) in [6.45, 7) is 1.29. The van der Waals surface area contributed by atoms with Crippen LogP contribution in [0.5, 0.6) is 0 Å². The lowest BCUT2D eigenvalue weighted by molar-refractivity contribution is -0.475. The first-order valence-electron chi connectivity index (χ1n) is 6.71. The predicted octanol–water partition coefficient (Wildman–Crippen LogP) is 4.23. The summed E-state index contributed by atoms with van der Waals surface area (Å²) >= 11 is 0. The second-order valence-corrected chi connectivity index (χ2v) is 5.70. The molecule has 0 bridgehead atoms. The van der Waals surface area contributed by atoms with Gasteiger partial charge in [-0.1, -0.05) is 0 Å². The highest BCUT2D eigenvalue weighted by atomic mass is 19.4. The van der Waals surface area contributed by atoms with Crippen molar-refractivity contribution >= 4 is 11.7 Å². The number of anilines is 1. The molecular weight excluding hydrogens is 409 g/mol. The van der Waals surface area contributed by atoms with Crippen LogP contribution in [0.25, 0.3) is 0 Å². The number of carbonyl (C=O) groups excluding carboxylic acids is 1. The predicted molar refractivity (Wildman–Crippen MR) is 66.2 cm³/mol. The fourth-order valence-electron chi connectivity index (χ4n) is 2.31. The van der Waals surface area contributed by atoms with Crippen molar-refractivity contribution in [2.24, 2.45) is 0 Å². The molecule has 152 valence electrons. The standard InChI is InChI=1S/C13H7F11N2O/c1-5-2-3-25-6(4-5)26-7(27)8(14)9(15,16)11(19,20)13(23,24)12(21,22)10(8,17)18/h2-4H,1H3,(H,25,26,27). The Kier molecular flexibility index (Phi) is 4.26. The second kappa shape index (κ2) is 5.44. The fraction of sp³-hybridized carbons (Fsp3) is 0.538. The summed E-state index contributed by atoms with van der Waals surface area (Å²) in [7, 11) is 0. The van der Waals surface area contributed by atoms with Gasteiger partial charge in [-0.25, -0.2) is 9.37 Å². The number of nitrogens with one attached hydrogen (secondary N) is 1. The van der Waals surface area contributed by atoms with E-state index in [0.29, 0.717) is 0 Å². The molecule has 1 aliphatic carbocycles. The van der Waals surface area contributed by atoms with Crippen molar-refractivity contribution in [3.63, 3.8) is 0 Å². The van der Waals surface area contributed by atoms with Gasteiger partial charge in [0.15, 0.2) is 0 Å². The van der Waals surface area contributed by atoms with E-state index >= 15 is 0 Å². The highest BCUT2D eigenvalue weighted by molar-refractivity contribution is 5.99. The molecule has 0 aliphatic heterocycles. The van der Waals surface area contributed by atoms with E-state index in [1.165, 1.54) is 13.0 Å². The van der Waals surface area contributed by atoms with Gasteiger partial charge in [0.25, 0.3) is 5.91 Å². The zero-order chi connectivity index (χ0) is 21.3. The number of hydrogen-bond acceptors (Lipinski definition) is 2. The van der Waals surface area contributed by atoms with Crippen LogP contribution in [-0.2, 0) is 4.79 Å². The SMILES string of the molecule is Cc1ccnc(NC(=O)C2(F)C(F)(F)C(F)(F)C(F)(F)C(F)(F)C2(F)F)c1. The van der Waals surface area contributed by atoms with Crippen molar-refractivity contribution in [3.8, 4) is 0 Å². The van der Waals surface area contributed by atoms with Crippen LogP contribution in [0.1, 0.15) is 5.56 Å². The zero-order valence-electron chi connectivity index (χ0n) is 12.7. The Bertz CT molecular complexity index is 747. The quantitative estimate of drug-likeness (QED) is 0.734. The molecule has 1 aromatic rings. The van der Waals surface area contributed by atoms with Crippen molar-refractivity contribution in [3.05, 3.63) is 23.9 Å². The third kappa shape index (κ3) is 2.21. The number of carbonyl (C=O) groups is 1. The van der Waals surface area contributed by atoms with Crippen molar-refractivity contribution < 1.29 is 53.1 Å². The number of pyridine rings is 1. The van der Waals surface area contributed by atoms with E-state index in [4.69, 9.17) is 0 Å². The normalized spacial score (nSPS) is 26.2. The number of aryl methyl sites for hydroxylation is 1. The van der Waals surface area contributed by atoms with Gasteiger partial charge in [-0.2, -0.15) is 43.9 Å². The molecule has 0 radical (unpaired) electrons. The first kappa shape index (κ1) is 21.2. The third-order valence-corrected chi connectivity index (χ3v) is 3.91. The summed E-state index contributed by atoms with van der Waals surface area (Å²) < 4.78 is 149. The number of rotatable bonds is 2. The van der Waals surface area contributed by atoms with Gasteiger partial charge >= 0.3 is 35.3 Å². The third-order valence-electron chi connectivity index (χ3n) is 3.91. The number of nitrogens with zero attached hydrogens (tertiary/aromatic N) is 1. The number of alkyl halides is 11. The largest absolute Gasteiger partial charge is 0.384 e. The molecule has 14 heteroatoms. The van der Waals surface area contributed by atoms with Gasteiger partial charge in [-0.15, -0.1) is 0 Å². The summed E-state index contributed by atoms with van der Waals surface area (Å²) in [5.41, 5.74) is -6.56. The molecule has 2 rings (SSSR count). The van der Waals surface area contributed by atoms with E-state index < -0.39 is 47.0 Å². The molecule has 0 atom stereocenters. The van der Waals surface area contributed by atoms with Crippen LogP contribution in [0.4, 0.5) is 54.1 Å². The maximum atomic E-state index is 14.4. The van der Waals surface area contributed by atoms with E-state index in [-0.39, 0.29) is 5.56 Å². The van der Waals surface area contributed by atoms with Gasteiger partial charge in [0.1, 0.15) is 5.82 Å². The molecule has 1 aliphatic rings. The monoisotopic (exact) mass is 416 g/mol. The Morgan fingerprint density at radius 3 is 1.63 bits per heavy atom. The molecule has 0 unspecified atom stereocenters. The molecule has 1 heterocycles. The van der Waals surface area contributed by atoms with E-state index in [2.05, 4.69) is 4.98 Å². The molecular formula is C13H7F11N2O. The molecule has 27 heavy (non-hydrogen) atoms. The smallest absolute Gasteiger partial charge is 0.307 e. The summed E-state index contributed by atoms with van der Waals surface area (Å²) in [4.78, 5) is 14.8. The van der Waals surface area contributed by atoms with Gasteiger partial charge in [-0.05, 0) is 24.6 Å². The van der Waals surface area contributed by atoms with E-state index in [1.54, 1.807) is 0 Å². The molecule has 0 spiro atoms. The van der Waals surface area contributed by atoms with Crippen molar-refractivity contribution in [2.45, 2.75) is 42.2 Å². The second-order valence-electron chi connectivity index (χ2n) is 5.70. The highest BCUT2D eigenvalue weighted by Gasteiger charge is 3.02. The summed E-state index contributed by atoms with van der Waals surface area (Å²) in [5, 5.41) is 0.911. The van der Waals surface area contributed by atoms with Crippen LogP contribution in [0.15, 0.2) is 18.3 Å². The lowest BCUT2D eigenvalue weighted by Crippen LogP contribution is -2.86. The molecule has 3 nitrogen and oxygen atoms in total. The summed E-state index contributed by atoms with van der Waals surface area (Å²) in [6, 6.07) is 1.97. The lowest BCUT2D eigenvalue weighted by atomic mass is 9.71. The number of aromatic nitrogens is 1. The van der Waals surface area contributed by atoms with Crippen molar-refractivity contribution in [1.82, 2.24) is 4.98 Å². The van der Waals surface area contributed by atoms with Crippen LogP contribution in [0.2, 0.25) is 0 Å². The average molecular weight is 416 g/mol. The first-order chi connectivity index (χ1) is 11.9. The molecule has 1 saturated carbocycles. The van der Waals surface area contributed by atoms with E-state index in [0.717, 1.165) is 17.6 Å². The molecule has 1 aromatic heterocycles. The van der Waals surface area contributed by atoms with Crippen LogP contribution < -0.4 is 5.32 Å². The molecule has 0 aromatic carbocycles. The maximum Gasteiger partial charge on any atom is 0.384 e. The maximum absolute atomic E-state index is 14.4. The zero-order valence-corrected chi connectivity index (χ0v) is 12.7. The molecule has 1 amide bonds. The van der Waals surface area contributed by atoms with E-state index in [1.807, 2.05) is 0 Å². The Morgan fingerprint density at radius 1 is 0.815 bits per heavy atom. The lowest BCUT2D eigenvalue weighted by Gasteiger charge is -2.51. The summed E-state index contributed by atoms with van der Waals surface area (Å²) in [5.74, 6) is -40.8. The van der Waals surface area contributed by atoms with Crippen molar-refractivity contribution in [2.75, 3.05) is 5.32 Å². The van der Waals surface area contributed by atoms with Crippen LogP contribution in [0, 0.1) is 6.92 Å². The van der Waals surface area contributed by atoms with Crippen LogP contribution in [0.3, 0.4) is 0 Å². The van der Waals surface area contributed by atoms with Gasteiger partial charge < -0.3 is 5.32 Å². The Labute approximate surface area is 142 Å². The highest BCUT2D eigenvalue weighted by Crippen LogP contribution is 2.69. The van der Waals surface area contributed by atoms with Gasteiger partial charge in [0.05, 0.1) is 0 Å². The topological polar surface area (TPSA) is 42.0 Å². The minimum absolute atomic E-state index is 0.178. The van der Waals surface area contributed by atoms with Gasteiger partial charge in [-0.3, -0.25) is 4.79 Å². The fourth-order valence-corrected chi connectivity index (χ4v) is 2.31. The van der Waals surface area contributed by atoms with Gasteiger partial charge in [0, 0.05) is 6.20 Å². The molecule has 1 N–H and O–H groups in total. The van der Waals surface area contributed by atoms with Crippen LogP contribution >= 0.6 is 0 Å². The molecule has 1 fully saturated rings. The van der Waals surface area contributed by atoms with Crippen LogP contribution in [-0.4, -0.2) is 46.2 Å². The summed E-state index contributed by atoms with van der Waals surface area (Å²) in [6.07, 6.45) is 0.838. The number of halogens is 11. The Hall–Kier alpha value is -2.15. The van der Waals surface area contributed by atoms with Crippen molar-refractivity contribution in [1.29, 1.82) is 0 Å². The first-order valence-corrected chi connectivity index (χ1v) is 6.71. The number of amides is 1. The minimum atomic E-state index is -7.37. The molecule has 0 saturated heterocycles. The minimum Gasteiger partial charge on any atom is -0.307 e.